The maximum absolute atomic E-state index is 12.0. The van der Waals surface area contributed by atoms with Crippen molar-refractivity contribution in [3.8, 4) is 0 Å². The lowest BCUT2D eigenvalue weighted by Crippen LogP contribution is -2.53. The van der Waals surface area contributed by atoms with Gasteiger partial charge in [-0.3, -0.25) is 4.79 Å². The number of ether oxygens (including phenoxy) is 1. The minimum Gasteiger partial charge on any atom is -0.444 e. The molecule has 8 heteroatoms. The molecule has 1 aliphatic heterocycles. The number of hydrogen-bond acceptors (Lipinski definition) is 4. The van der Waals surface area contributed by atoms with E-state index in [4.69, 9.17) is 10.5 Å². The predicted molar refractivity (Wildman–Crippen MR) is 89.1 cm³/mol. The van der Waals surface area contributed by atoms with Crippen molar-refractivity contribution in [1.82, 2.24) is 15.1 Å². The largest absolute Gasteiger partial charge is 0.444 e. The minimum absolute atomic E-state index is 0.0219. The van der Waals surface area contributed by atoms with Gasteiger partial charge in [-0.25, -0.2) is 9.79 Å². The van der Waals surface area contributed by atoms with Crippen molar-refractivity contribution in [2.24, 2.45) is 10.7 Å². The third kappa shape index (κ3) is 7.03. The maximum Gasteiger partial charge on any atom is 0.410 e. The highest BCUT2D eigenvalue weighted by Gasteiger charge is 2.26. The highest BCUT2D eigenvalue weighted by Crippen LogP contribution is 2.11. The molecule has 0 atom stereocenters. The standard InChI is InChI=1S/C15H27N5O3/c1-5-6-17-12(21)11-18-13(16)19-7-9-20(10-8-19)14(22)23-15(2,3)4/h5H,1,6-11H2,2-4H3,(H2,16,18)(H,17,21). The highest BCUT2D eigenvalue weighted by molar-refractivity contribution is 5.84. The van der Waals surface area contributed by atoms with Gasteiger partial charge in [0.15, 0.2) is 5.96 Å². The average Bonchev–Trinajstić information content (AvgIpc) is 2.49. The molecule has 0 bridgehead atoms. The Balaban J connectivity index is 2.41. The van der Waals surface area contributed by atoms with Crippen LogP contribution >= 0.6 is 0 Å². The van der Waals surface area contributed by atoms with Gasteiger partial charge in [-0.1, -0.05) is 6.08 Å². The zero-order chi connectivity index (χ0) is 17.5. The van der Waals surface area contributed by atoms with Crippen molar-refractivity contribution in [3.05, 3.63) is 12.7 Å². The van der Waals surface area contributed by atoms with E-state index in [1.807, 2.05) is 25.7 Å². The Kier molecular flexibility index (Phi) is 6.87. The number of nitrogens with zero attached hydrogens (tertiary/aromatic N) is 3. The third-order valence-corrected chi connectivity index (χ3v) is 3.08. The minimum atomic E-state index is -0.506. The van der Waals surface area contributed by atoms with Crippen LogP contribution in [0.3, 0.4) is 0 Å². The van der Waals surface area contributed by atoms with Crippen LogP contribution in [0.1, 0.15) is 20.8 Å². The Morgan fingerprint density at radius 3 is 2.35 bits per heavy atom. The van der Waals surface area contributed by atoms with Crippen LogP contribution in [-0.2, 0) is 9.53 Å². The van der Waals surface area contributed by atoms with Crippen LogP contribution in [0.25, 0.3) is 0 Å². The molecule has 8 nitrogen and oxygen atoms in total. The molecule has 0 aromatic carbocycles. The number of rotatable bonds is 4. The quantitative estimate of drug-likeness (QED) is 0.435. The lowest BCUT2D eigenvalue weighted by Gasteiger charge is -2.36. The van der Waals surface area contributed by atoms with Crippen LogP contribution in [0, 0.1) is 0 Å². The molecule has 1 aliphatic rings. The fraction of sp³-hybridized carbons (Fsp3) is 0.667. The smallest absolute Gasteiger partial charge is 0.410 e. The molecule has 1 saturated heterocycles. The van der Waals surface area contributed by atoms with Gasteiger partial charge in [-0.2, -0.15) is 0 Å². The molecule has 0 radical (unpaired) electrons. The third-order valence-electron chi connectivity index (χ3n) is 3.08. The Bertz CT molecular complexity index is 462. The van der Waals surface area contributed by atoms with E-state index in [2.05, 4.69) is 16.9 Å². The molecular formula is C15H27N5O3. The van der Waals surface area contributed by atoms with Crippen LogP contribution in [-0.4, -0.2) is 72.6 Å². The van der Waals surface area contributed by atoms with Gasteiger partial charge < -0.3 is 25.6 Å². The lowest BCUT2D eigenvalue weighted by molar-refractivity contribution is -0.119. The van der Waals surface area contributed by atoms with Gasteiger partial charge in [0.05, 0.1) is 0 Å². The molecule has 23 heavy (non-hydrogen) atoms. The van der Waals surface area contributed by atoms with E-state index in [0.29, 0.717) is 38.7 Å². The summed E-state index contributed by atoms with van der Waals surface area (Å²) in [6.07, 6.45) is 1.28. The van der Waals surface area contributed by atoms with E-state index in [1.165, 1.54) is 0 Å². The molecule has 0 aliphatic carbocycles. The first-order valence-corrected chi connectivity index (χ1v) is 7.63. The van der Waals surface area contributed by atoms with E-state index in [1.54, 1.807) is 11.0 Å². The van der Waals surface area contributed by atoms with Crippen LogP contribution < -0.4 is 11.1 Å². The monoisotopic (exact) mass is 325 g/mol. The van der Waals surface area contributed by atoms with E-state index in [9.17, 15) is 9.59 Å². The molecule has 1 rings (SSSR count). The summed E-state index contributed by atoms with van der Waals surface area (Å²) in [7, 11) is 0. The van der Waals surface area contributed by atoms with Gasteiger partial charge in [0.2, 0.25) is 5.91 Å². The van der Waals surface area contributed by atoms with Gasteiger partial charge in [0.25, 0.3) is 0 Å². The Morgan fingerprint density at radius 1 is 1.26 bits per heavy atom. The SMILES string of the molecule is C=CCNC(=O)CN=C(N)N1CCN(C(=O)OC(C)(C)C)CC1. The van der Waals surface area contributed by atoms with Crippen molar-refractivity contribution in [3.63, 3.8) is 0 Å². The van der Waals surface area contributed by atoms with Gasteiger partial charge in [-0.15, -0.1) is 6.58 Å². The van der Waals surface area contributed by atoms with Crippen LogP contribution in [0.15, 0.2) is 17.6 Å². The molecule has 0 spiro atoms. The number of amides is 2. The van der Waals surface area contributed by atoms with Crippen LogP contribution in [0.2, 0.25) is 0 Å². The summed E-state index contributed by atoms with van der Waals surface area (Å²) >= 11 is 0. The van der Waals surface area contributed by atoms with Gasteiger partial charge in [-0.05, 0) is 20.8 Å². The topological polar surface area (TPSA) is 100 Å². The molecule has 1 heterocycles. The number of guanidine groups is 1. The molecule has 3 N–H and O–H groups in total. The first kappa shape index (κ1) is 18.8. The fourth-order valence-electron chi connectivity index (χ4n) is 1.94. The molecular weight excluding hydrogens is 298 g/mol. The van der Waals surface area contributed by atoms with E-state index < -0.39 is 5.60 Å². The Morgan fingerprint density at radius 2 is 1.83 bits per heavy atom. The van der Waals surface area contributed by atoms with Gasteiger partial charge in [0.1, 0.15) is 12.1 Å². The second-order valence-corrected chi connectivity index (χ2v) is 6.22. The predicted octanol–water partition coefficient (Wildman–Crippen LogP) is 0.156. The van der Waals surface area contributed by atoms with Crippen molar-refractivity contribution in [1.29, 1.82) is 0 Å². The van der Waals surface area contributed by atoms with E-state index >= 15 is 0 Å². The summed E-state index contributed by atoms with van der Waals surface area (Å²) in [5.74, 6) is 0.0998. The normalized spacial score (nSPS) is 16.0. The molecule has 130 valence electrons. The Hall–Kier alpha value is -2.25. The maximum atomic E-state index is 12.0. The fourth-order valence-corrected chi connectivity index (χ4v) is 1.94. The number of nitrogens with two attached hydrogens (primary N) is 1. The molecule has 1 fully saturated rings. The van der Waals surface area contributed by atoms with E-state index in [0.717, 1.165) is 0 Å². The van der Waals surface area contributed by atoms with Crippen molar-refractivity contribution < 1.29 is 14.3 Å². The summed E-state index contributed by atoms with van der Waals surface area (Å²) in [5, 5.41) is 2.63. The van der Waals surface area contributed by atoms with Crippen LogP contribution in [0.4, 0.5) is 4.79 Å². The molecule has 0 aromatic rings. The highest BCUT2D eigenvalue weighted by atomic mass is 16.6. The summed E-state index contributed by atoms with van der Waals surface area (Å²) in [6.45, 7) is 11.5. The molecule has 0 saturated carbocycles. The van der Waals surface area contributed by atoms with Gasteiger partial charge >= 0.3 is 6.09 Å². The first-order chi connectivity index (χ1) is 10.7. The number of aliphatic imine (C=N–C) groups is 1. The second-order valence-electron chi connectivity index (χ2n) is 6.22. The second kappa shape index (κ2) is 8.40. The van der Waals surface area contributed by atoms with Crippen molar-refractivity contribution in [2.45, 2.75) is 26.4 Å². The lowest BCUT2D eigenvalue weighted by atomic mass is 10.2. The molecule has 0 aromatic heterocycles. The van der Waals surface area contributed by atoms with E-state index in [-0.39, 0.29) is 18.5 Å². The molecule has 0 unspecified atom stereocenters. The summed E-state index contributed by atoms with van der Waals surface area (Å²) in [6, 6.07) is 0. The number of carbonyl (C=O) groups excluding carboxylic acids is 2. The zero-order valence-electron chi connectivity index (χ0n) is 14.2. The van der Waals surface area contributed by atoms with Crippen LogP contribution in [0.5, 0.6) is 0 Å². The summed E-state index contributed by atoms with van der Waals surface area (Å²) in [5.41, 5.74) is 5.38. The van der Waals surface area contributed by atoms with Gasteiger partial charge in [0, 0.05) is 32.7 Å². The average molecular weight is 325 g/mol. The first-order valence-electron chi connectivity index (χ1n) is 7.63. The number of nitrogens with one attached hydrogen (secondary N) is 1. The number of carbonyl (C=O) groups is 2. The zero-order valence-corrected chi connectivity index (χ0v) is 14.2. The summed E-state index contributed by atoms with van der Waals surface area (Å²) in [4.78, 5) is 31.0. The number of piperazine rings is 1. The number of hydrogen-bond donors (Lipinski definition) is 2. The molecule has 2 amide bonds. The summed E-state index contributed by atoms with van der Waals surface area (Å²) < 4.78 is 5.34. The van der Waals surface area contributed by atoms with Crippen molar-refractivity contribution >= 4 is 18.0 Å². The Labute approximate surface area is 137 Å². The van der Waals surface area contributed by atoms with Crippen molar-refractivity contribution in [2.75, 3.05) is 39.3 Å².